The third kappa shape index (κ3) is 4.12. The molecule has 68 valence electrons. The van der Waals surface area contributed by atoms with Crippen LogP contribution in [0.3, 0.4) is 0 Å². The summed E-state index contributed by atoms with van der Waals surface area (Å²) in [5, 5.41) is 32.5. The predicted octanol–water partition coefficient (Wildman–Crippen LogP) is -2.13. The third-order valence-corrected chi connectivity index (χ3v) is 0.805. The van der Waals surface area contributed by atoms with Gasteiger partial charge in [-0.05, 0) is 0 Å². The van der Waals surface area contributed by atoms with Crippen molar-refractivity contribution in [1.82, 2.24) is 0 Å². The van der Waals surface area contributed by atoms with Crippen LogP contribution < -0.4 is 0 Å². The Kier molecular flexibility index (Phi) is 6.34. The second kappa shape index (κ2) is 5.28. The second-order valence-electron chi connectivity index (χ2n) is 1.57. The average molecular weight is 258 g/mol. The van der Waals surface area contributed by atoms with Crippen molar-refractivity contribution in [3.8, 4) is 0 Å². The number of carboxylic acids is 2. The van der Waals surface area contributed by atoms with Crippen molar-refractivity contribution < 1.29 is 52.4 Å². The molecule has 2 unspecified atom stereocenters. The van der Waals surface area contributed by atoms with Crippen LogP contribution in [0.5, 0.6) is 0 Å². The van der Waals surface area contributed by atoms with Crippen LogP contribution in [0.25, 0.3) is 0 Å². The SMILES string of the molecule is O=C(O)C(O)C(O)C(=O)O.[Ag+]. The Morgan fingerprint density at radius 2 is 1.09 bits per heavy atom. The molecular formula is C4H6AgO6+. The number of rotatable bonds is 3. The van der Waals surface area contributed by atoms with E-state index in [1.165, 1.54) is 0 Å². The molecule has 0 aromatic carbocycles. The van der Waals surface area contributed by atoms with E-state index in [4.69, 9.17) is 20.4 Å². The zero-order chi connectivity index (χ0) is 8.31. The maximum absolute atomic E-state index is 9.77. The molecule has 0 aromatic heterocycles. The molecule has 0 bridgehead atoms. The molecule has 0 aromatic rings. The molecule has 0 heterocycles. The molecule has 2 atom stereocenters. The minimum Gasteiger partial charge on any atom is -0.479 e. The van der Waals surface area contributed by atoms with Crippen LogP contribution in [-0.2, 0) is 32.0 Å². The van der Waals surface area contributed by atoms with Crippen molar-refractivity contribution >= 4 is 11.9 Å². The van der Waals surface area contributed by atoms with Gasteiger partial charge in [-0.2, -0.15) is 0 Å². The third-order valence-electron chi connectivity index (χ3n) is 0.805. The van der Waals surface area contributed by atoms with Gasteiger partial charge in [0, 0.05) is 0 Å². The van der Waals surface area contributed by atoms with Gasteiger partial charge in [0.05, 0.1) is 0 Å². The smallest absolute Gasteiger partial charge is 0.479 e. The monoisotopic (exact) mass is 257 g/mol. The van der Waals surface area contributed by atoms with E-state index in [1.54, 1.807) is 0 Å². The van der Waals surface area contributed by atoms with Gasteiger partial charge in [-0.25, -0.2) is 9.59 Å². The number of hydrogen-bond donors (Lipinski definition) is 4. The molecule has 0 rings (SSSR count). The summed E-state index contributed by atoms with van der Waals surface area (Å²) in [6, 6.07) is 0. The molecule has 4 N–H and O–H groups in total. The first-order valence-electron chi connectivity index (χ1n) is 2.28. The first kappa shape index (κ1) is 13.2. The Morgan fingerprint density at radius 3 is 1.18 bits per heavy atom. The fraction of sp³-hybridized carbons (Fsp3) is 0.500. The largest absolute Gasteiger partial charge is 1.00 e. The van der Waals surface area contributed by atoms with E-state index in [0.717, 1.165) is 0 Å². The summed E-state index contributed by atoms with van der Waals surface area (Å²) in [4.78, 5) is 19.5. The van der Waals surface area contributed by atoms with E-state index in [0.29, 0.717) is 0 Å². The molecule has 0 saturated heterocycles. The zero-order valence-electron chi connectivity index (χ0n) is 5.06. The molecule has 11 heavy (non-hydrogen) atoms. The summed E-state index contributed by atoms with van der Waals surface area (Å²) in [6.45, 7) is 0. The van der Waals surface area contributed by atoms with E-state index in [-0.39, 0.29) is 22.4 Å². The predicted molar refractivity (Wildman–Crippen MR) is 27.3 cm³/mol. The van der Waals surface area contributed by atoms with Crippen LogP contribution in [0.15, 0.2) is 0 Å². The number of carbonyl (C=O) groups is 2. The summed E-state index contributed by atoms with van der Waals surface area (Å²) >= 11 is 0. The zero-order valence-corrected chi connectivity index (χ0v) is 6.54. The minimum atomic E-state index is -2.27. The van der Waals surface area contributed by atoms with Gasteiger partial charge in [0.25, 0.3) is 0 Å². The van der Waals surface area contributed by atoms with Crippen molar-refractivity contribution in [1.29, 1.82) is 0 Å². The van der Waals surface area contributed by atoms with Crippen LogP contribution in [0.1, 0.15) is 0 Å². The number of carboxylic acid groups (broad SMARTS) is 2. The van der Waals surface area contributed by atoms with Crippen LogP contribution in [-0.4, -0.2) is 44.6 Å². The molecule has 0 amide bonds. The maximum Gasteiger partial charge on any atom is 1.00 e. The minimum absolute atomic E-state index is 0. The first-order chi connectivity index (χ1) is 4.46. The van der Waals surface area contributed by atoms with E-state index in [2.05, 4.69) is 0 Å². The Labute approximate surface area is 77.0 Å². The number of aliphatic hydroxyl groups excluding tert-OH is 2. The fourth-order valence-electron chi connectivity index (χ4n) is 0.270. The quantitative estimate of drug-likeness (QED) is 0.430. The Bertz CT molecular complexity index is 139. The summed E-state index contributed by atoms with van der Waals surface area (Å²) in [5.41, 5.74) is 0. The Hall–Kier alpha value is -0.400. The van der Waals surface area contributed by atoms with Crippen LogP contribution >= 0.6 is 0 Å². The summed E-state index contributed by atoms with van der Waals surface area (Å²) in [7, 11) is 0. The van der Waals surface area contributed by atoms with Crippen LogP contribution in [0.4, 0.5) is 0 Å². The van der Waals surface area contributed by atoms with Gasteiger partial charge in [0.2, 0.25) is 0 Å². The fourth-order valence-corrected chi connectivity index (χ4v) is 0.270. The summed E-state index contributed by atoms with van der Waals surface area (Å²) in [5.74, 6) is -3.54. The standard InChI is InChI=1S/C4H6O6.Ag/c5-1(3(7)8)2(6)4(9)10;/h1-2,5-6H,(H,7,8)(H,9,10);/q;+1. The Morgan fingerprint density at radius 1 is 0.909 bits per heavy atom. The van der Waals surface area contributed by atoms with Crippen molar-refractivity contribution in [3.63, 3.8) is 0 Å². The van der Waals surface area contributed by atoms with E-state index < -0.39 is 24.1 Å². The van der Waals surface area contributed by atoms with Crippen molar-refractivity contribution in [3.05, 3.63) is 0 Å². The van der Waals surface area contributed by atoms with Gasteiger partial charge in [-0.3, -0.25) is 0 Å². The Balaban J connectivity index is 0. The van der Waals surface area contributed by atoms with E-state index in [9.17, 15) is 9.59 Å². The van der Waals surface area contributed by atoms with E-state index >= 15 is 0 Å². The second-order valence-corrected chi connectivity index (χ2v) is 1.57. The molecule has 0 fully saturated rings. The molecule has 0 aliphatic rings. The van der Waals surface area contributed by atoms with Gasteiger partial charge < -0.3 is 20.4 Å². The molecule has 0 aliphatic carbocycles. The van der Waals surface area contributed by atoms with E-state index in [1.807, 2.05) is 0 Å². The molecule has 0 spiro atoms. The average Bonchev–Trinajstić information content (AvgIpc) is 1.84. The van der Waals surface area contributed by atoms with Crippen LogP contribution in [0.2, 0.25) is 0 Å². The van der Waals surface area contributed by atoms with Gasteiger partial charge in [0.15, 0.2) is 12.2 Å². The van der Waals surface area contributed by atoms with Crippen molar-refractivity contribution in [2.24, 2.45) is 0 Å². The van der Waals surface area contributed by atoms with Crippen molar-refractivity contribution in [2.75, 3.05) is 0 Å². The van der Waals surface area contributed by atoms with Crippen LogP contribution in [0, 0.1) is 0 Å². The molecular weight excluding hydrogens is 252 g/mol. The molecule has 0 radical (unpaired) electrons. The van der Waals surface area contributed by atoms with Gasteiger partial charge in [-0.1, -0.05) is 0 Å². The number of hydrogen-bond acceptors (Lipinski definition) is 4. The van der Waals surface area contributed by atoms with Gasteiger partial charge >= 0.3 is 34.3 Å². The maximum atomic E-state index is 9.77. The molecule has 0 saturated carbocycles. The molecule has 6 nitrogen and oxygen atoms in total. The molecule has 7 heteroatoms. The topological polar surface area (TPSA) is 115 Å². The summed E-state index contributed by atoms with van der Waals surface area (Å²) in [6.07, 6.45) is -4.53. The van der Waals surface area contributed by atoms with Crippen molar-refractivity contribution in [2.45, 2.75) is 12.2 Å². The number of aliphatic hydroxyl groups is 2. The summed E-state index contributed by atoms with van der Waals surface area (Å²) < 4.78 is 0. The normalized spacial score (nSPS) is 14.4. The first-order valence-corrected chi connectivity index (χ1v) is 2.28. The number of aliphatic carboxylic acids is 2. The van der Waals surface area contributed by atoms with Gasteiger partial charge in [-0.15, -0.1) is 0 Å². The van der Waals surface area contributed by atoms with Gasteiger partial charge in [0.1, 0.15) is 0 Å². The molecule has 0 aliphatic heterocycles.